The lowest BCUT2D eigenvalue weighted by molar-refractivity contribution is 0.283. The van der Waals surface area contributed by atoms with Crippen LogP contribution in [0.1, 0.15) is 5.56 Å². The van der Waals surface area contributed by atoms with Gasteiger partial charge in [-0.25, -0.2) is 15.0 Å². The molecule has 6 rings (SSSR count). The Kier molecular flexibility index (Phi) is 6.37. The molecule has 0 aliphatic rings. The molecule has 0 aliphatic heterocycles. The number of hydrogen-bond acceptors (Lipinski definition) is 5. The molecule has 0 spiro atoms. The van der Waals surface area contributed by atoms with E-state index in [9.17, 15) is 5.11 Å². The maximum absolute atomic E-state index is 10.8. The number of hydrogen-bond donors (Lipinski definition) is 1. The van der Waals surface area contributed by atoms with E-state index in [2.05, 4.69) is 9.97 Å². The molecule has 0 atom stereocenters. The van der Waals surface area contributed by atoms with Crippen LogP contribution in [0.25, 0.3) is 55.9 Å². The lowest BCUT2D eigenvalue weighted by atomic mass is 9.89. The number of benzene rings is 3. The normalized spacial score (nSPS) is 11.3. The Bertz CT molecular complexity index is 1780. The van der Waals surface area contributed by atoms with Crippen molar-refractivity contribution >= 4 is 34.1 Å². The molecule has 0 saturated heterocycles. The van der Waals surface area contributed by atoms with Gasteiger partial charge in [0.15, 0.2) is 5.82 Å². The Morgan fingerprint density at radius 2 is 1.63 bits per heavy atom. The third kappa shape index (κ3) is 4.33. The van der Waals surface area contributed by atoms with Crippen molar-refractivity contribution < 1.29 is 5.11 Å². The number of imidazole rings is 1. The van der Waals surface area contributed by atoms with E-state index in [4.69, 9.17) is 33.2 Å². The highest BCUT2D eigenvalue weighted by Gasteiger charge is 2.23. The fraction of sp³-hybridized carbons (Fsp3) is 0.0667. The average molecular weight is 538 g/mol. The van der Waals surface area contributed by atoms with Crippen LogP contribution < -0.4 is 0 Å². The molecule has 6 nitrogen and oxygen atoms in total. The first-order chi connectivity index (χ1) is 18.5. The molecule has 38 heavy (non-hydrogen) atoms. The number of pyridine rings is 1. The van der Waals surface area contributed by atoms with Crippen LogP contribution in [0.2, 0.25) is 10.0 Å². The van der Waals surface area contributed by atoms with Gasteiger partial charge >= 0.3 is 0 Å². The zero-order valence-corrected chi connectivity index (χ0v) is 21.8. The predicted octanol–water partition coefficient (Wildman–Crippen LogP) is 7.23. The molecule has 0 aliphatic carbocycles. The molecule has 0 saturated carbocycles. The molecule has 3 aromatic heterocycles. The average Bonchev–Trinajstić information content (AvgIpc) is 3.37. The first kappa shape index (κ1) is 24.2. The van der Waals surface area contributed by atoms with Gasteiger partial charge in [0.1, 0.15) is 0 Å². The monoisotopic (exact) mass is 537 g/mol. The van der Waals surface area contributed by atoms with Crippen molar-refractivity contribution in [2.24, 2.45) is 7.05 Å². The van der Waals surface area contributed by atoms with Crippen molar-refractivity contribution in [3.63, 3.8) is 0 Å². The van der Waals surface area contributed by atoms with Gasteiger partial charge in [0, 0.05) is 51.6 Å². The molecule has 0 bridgehead atoms. The van der Waals surface area contributed by atoms with Crippen LogP contribution in [0.15, 0.2) is 91.6 Å². The van der Waals surface area contributed by atoms with Crippen LogP contribution in [0.3, 0.4) is 0 Å². The topological polar surface area (TPSA) is 76.7 Å². The van der Waals surface area contributed by atoms with Gasteiger partial charge in [0.2, 0.25) is 0 Å². The maximum atomic E-state index is 10.8. The number of aryl methyl sites for hydroxylation is 1. The van der Waals surface area contributed by atoms with E-state index >= 15 is 0 Å². The highest BCUT2D eigenvalue weighted by atomic mass is 35.5. The van der Waals surface area contributed by atoms with Gasteiger partial charge in [-0.15, -0.1) is 0 Å². The molecule has 0 unspecified atom stereocenters. The Labute approximate surface area is 229 Å². The van der Waals surface area contributed by atoms with Crippen molar-refractivity contribution in [2.75, 3.05) is 0 Å². The standard InChI is InChI=1S/C30H21Cl2N5O/c1-37-17-34-15-26(37)27-24(16-38)23(18-7-9-21(31)10-8-18)13-25-28(27)29(19-4-2-6-22(32)12-19)36-30(35-25)20-5-3-11-33-14-20/h2-15,17,38H,16H2,1H3. The summed E-state index contributed by atoms with van der Waals surface area (Å²) >= 11 is 12.6. The van der Waals surface area contributed by atoms with Crippen molar-refractivity contribution in [3.8, 4) is 45.0 Å². The van der Waals surface area contributed by atoms with Crippen LogP contribution >= 0.6 is 23.2 Å². The van der Waals surface area contributed by atoms with Crippen molar-refractivity contribution in [1.82, 2.24) is 24.5 Å². The number of aromatic nitrogens is 5. The molecular weight excluding hydrogens is 517 g/mol. The highest BCUT2D eigenvalue weighted by molar-refractivity contribution is 6.31. The van der Waals surface area contributed by atoms with E-state index in [-0.39, 0.29) is 6.61 Å². The third-order valence-electron chi connectivity index (χ3n) is 6.50. The van der Waals surface area contributed by atoms with Crippen LogP contribution in [-0.2, 0) is 13.7 Å². The molecule has 1 N–H and O–H groups in total. The summed E-state index contributed by atoms with van der Waals surface area (Å²) in [5.74, 6) is 0.537. The predicted molar refractivity (Wildman–Crippen MR) is 152 cm³/mol. The SMILES string of the molecule is Cn1cncc1-c1c(CO)c(-c2ccc(Cl)cc2)cc2nc(-c3cccnc3)nc(-c3cccc(Cl)c3)c12. The summed E-state index contributed by atoms with van der Waals surface area (Å²) in [5, 5.41) is 12.8. The quantitative estimate of drug-likeness (QED) is 0.251. The van der Waals surface area contributed by atoms with Gasteiger partial charge in [-0.3, -0.25) is 4.98 Å². The second-order valence-electron chi connectivity index (χ2n) is 8.87. The van der Waals surface area contributed by atoms with E-state index in [0.717, 1.165) is 44.5 Å². The summed E-state index contributed by atoms with van der Waals surface area (Å²) in [6, 6.07) is 20.9. The van der Waals surface area contributed by atoms with Gasteiger partial charge in [-0.1, -0.05) is 47.5 Å². The van der Waals surface area contributed by atoms with E-state index in [0.29, 0.717) is 27.1 Å². The summed E-state index contributed by atoms with van der Waals surface area (Å²) in [5.41, 5.74) is 7.18. The number of fused-ring (bicyclic) bond motifs is 1. The molecule has 3 heterocycles. The third-order valence-corrected chi connectivity index (χ3v) is 6.99. The molecule has 8 heteroatoms. The number of nitrogens with zero attached hydrogens (tertiary/aromatic N) is 5. The van der Waals surface area contributed by atoms with Crippen LogP contribution in [-0.4, -0.2) is 29.6 Å². The van der Waals surface area contributed by atoms with E-state index in [1.165, 1.54) is 0 Å². The van der Waals surface area contributed by atoms with E-state index in [1.807, 2.05) is 78.3 Å². The van der Waals surface area contributed by atoms with Gasteiger partial charge in [-0.05, 0) is 59.2 Å². The molecular formula is C30H21Cl2N5O. The summed E-state index contributed by atoms with van der Waals surface area (Å²) < 4.78 is 1.93. The molecule has 6 aromatic rings. The van der Waals surface area contributed by atoms with Gasteiger partial charge in [-0.2, -0.15) is 0 Å². The molecule has 3 aromatic carbocycles. The number of halogens is 2. The number of rotatable bonds is 5. The molecule has 0 amide bonds. The minimum absolute atomic E-state index is 0.201. The first-order valence-electron chi connectivity index (χ1n) is 11.9. The zero-order valence-electron chi connectivity index (χ0n) is 20.3. The maximum Gasteiger partial charge on any atom is 0.161 e. The van der Waals surface area contributed by atoms with Gasteiger partial charge < -0.3 is 9.67 Å². The Morgan fingerprint density at radius 1 is 0.816 bits per heavy atom. The summed E-state index contributed by atoms with van der Waals surface area (Å²) in [6.07, 6.45) is 6.99. The Morgan fingerprint density at radius 3 is 2.32 bits per heavy atom. The zero-order chi connectivity index (χ0) is 26.2. The lowest BCUT2D eigenvalue weighted by Crippen LogP contribution is -2.04. The van der Waals surface area contributed by atoms with Crippen molar-refractivity contribution in [3.05, 3.63) is 107 Å². The van der Waals surface area contributed by atoms with E-state index < -0.39 is 0 Å². The fourth-order valence-corrected chi connectivity index (χ4v) is 5.06. The summed E-state index contributed by atoms with van der Waals surface area (Å²) in [6.45, 7) is -0.201. The first-order valence-corrected chi connectivity index (χ1v) is 12.7. The molecule has 0 fully saturated rings. The largest absolute Gasteiger partial charge is 0.392 e. The van der Waals surface area contributed by atoms with E-state index in [1.54, 1.807) is 24.9 Å². The van der Waals surface area contributed by atoms with Crippen molar-refractivity contribution in [2.45, 2.75) is 6.61 Å². The highest BCUT2D eigenvalue weighted by Crippen LogP contribution is 2.43. The lowest BCUT2D eigenvalue weighted by Gasteiger charge is -2.20. The number of aliphatic hydroxyl groups is 1. The van der Waals surface area contributed by atoms with Crippen LogP contribution in [0.4, 0.5) is 0 Å². The smallest absolute Gasteiger partial charge is 0.161 e. The summed E-state index contributed by atoms with van der Waals surface area (Å²) in [4.78, 5) is 18.7. The second-order valence-corrected chi connectivity index (χ2v) is 9.75. The minimum atomic E-state index is -0.201. The Hall–Kier alpha value is -4.10. The molecule has 186 valence electrons. The van der Waals surface area contributed by atoms with Crippen LogP contribution in [0, 0.1) is 0 Å². The van der Waals surface area contributed by atoms with Gasteiger partial charge in [0.25, 0.3) is 0 Å². The minimum Gasteiger partial charge on any atom is -0.392 e. The van der Waals surface area contributed by atoms with Crippen LogP contribution in [0.5, 0.6) is 0 Å². The second kappa shape index (κ2) is 9.99. The fourth-order valence-electron chi connectivity index (χ4n) is 4.74. The molecule has 0 radical (unpaired) electrons. The van der Waals surface area contributed by atoms with Gasteiger partial charge in [0.05, 0.1) is 36.0 Å². The Balaban J connectivity index is 1.80. The number of aliphatic hydroxyl groups excluding tert-OH is 1. The van der Waals surface area contributed by atoms with Crippen molar-refractivity contribution in [1.29, 1.82) is 0 Å². The summed E-state index contributed by atoms with van der Waals surface area (Å²) in [7, 11) is 1.92.